The predicted molar refractivity (Wildman–Crippen MR) is 114 cm³/mol. The number of ether oxygens (including phenoxy) is 2. The molecule has 5 nitrogen and oxygen atoms in total. The average Bonchev–Trinajstić information content (AvgIpc) is 3.31. The average molecular weight is 408 g/mol. The SMILES string of the molecule is O=C(NC1CCCC1)C1=C[C@H](c2ccccc2)C[C@H](OCc2ccc(CO)cc2)O1. The highest BCUT2D eigenvalue weighted by Gasteiger charge is 2.30. The van der Waals surface area contributed by atoms with Crippen LogP contribution < -0.4 is 5.32 Å². The molecule has 2 aromatic rings. The van der Waals surface area contributed by atoms with Crippen LogP contribution in [0.3, 0.4) is 0 Å². The smallest absolute Gasteiger partial charge is 0.286 e. The van der Waals surface area contributed by atoms with Gasteiger partial charge in [-0.2, -0.15) is 0 Å². The van der Waals surface area contributed by atoms with E-state index in [0.29, 0.717) is 18.8 Å². The summed E-state index contributed by atoms with van der Waals surface area (Å²) in [5.74, 6) is 0.261. The van der Waals surface area contributed by atoms with E-state index in [1.165, 1.54) is 0 Å². The molecule has 1 saturated carbocycles. The van der Waals surface area contributed by atoms with Gasteiger partial charge in [-0.25, -0.2) is 0 Å². The lowest BCUT2D eigenvalue weighted by Gasteiger charge is -2.30. The second-order valence-electron chi connectivity index (χ2n) is 8.07. The van der Waals surface area contributed by atoms with Gasteiger partial charge in [0.25, 0.3) is 5.91 Å². The Labute approximate surface area is 177 Å². The lowest BCUT2D eigenvalue weighted by atomic mass is 9.93. The summed E-state index contributed by atoms with van der Waals surface area (Å²) in [5, 5.41) is 12.3. The van der Waals surface area contributed by atoms with Crippen molar-refractivity contribution in [2.45, 2.75) is 63.6 Å². The third-order valence-electron chi connectivity index (χ3n) is 5.84. The van der Waals surface area contributed by atoms with Gasteiger partial charge in [0.2, 0.25) is 6.29 Å². The topological polar surface area (TPSA) is 67.8 Å². The highest BCUT2D eigenvalue weighted by atomic mass is 16.7. The zero-order valence-corrected chi connectivity index (χ0v) is 17.1. The molecule has 1 fully saturated rings. The zero-order chi connectivity index (χ0) is 20.8. The Balaban J connectivity index is 1.45. The normalized spacial score (nSPS) is 21.7. The summed E-state index contributed by atoms with van der Waals surface area (Å²) in [5.41, 5.74) is 3.01. The maximum atomic E-state index is 12.8. The molecule has 1 heterocycles. The van der Waals surface area contributed by atoms with E-state index in [2.05, 4.69) is 17.4 Å². The minimum Gasteiger partial charge on any atom is -0.459 e. The van der Waals surface area contributed by atoms with E-state index in [1.807, 2.05) is 48.5 Å². The van der Waals surface area contributed by atoms with Crippen LogP contribution in [-0.2, 0) is 27.5 Å². The Morgan fingerprint density at radius 2 is 1.73 bits per heavy atom. The summed E-state index contributed by atoms with van der Waals surface area (Å²) in [6.07, 6.45) is 6.47. The van der Waals surface area contributed by atoms with Crippen molar-refractivity contribution in [1.82, 2.24) is 5.32 Å². The second kappa shape index (κ2) is 9.92. The van der Waals surface area contributed by atoms with Gasteiger partial charge in [-0.3, -0.25) is 4.79 Å². The first kappa shape index (κ1) is 20.6. The van der Waals surface area contributed by atoms with Crippen molar-refractivity contribution in [1.29, 1.82) is 0 Å². The van der Waals surface area contributed by atoms with Crippen molar-refractivity contribution >= 4 is 5.91 Å². The molecule has 2 aliphatic rings. The molecule has 1 amide bonds. The van der Waals surface area contributed by atoms with Crippen LogP contribution in [0.5, 0.6) is 0 Å². The Hall–Kier alpha value is -2.63. The Morgan fingerprint density at radius 1 is 1.03 bits per heavy atom. The first-order valence-corrected chi connectivity index (χ1v) is 10.8. The lowest BCUT2D eigenvalue weighted by Crippen LogP contribution is -2.37. The molecular weight excluding hydrogens is 378 g/mol. The molecule has 1 aliphatic heterocycles. The maximum Gasteiger partial charge on any atom is 0.286 e. The highest BCUT2D eigenvalue weighted by Crippen LogP contribution is 2.32. The van der Waals surface area contributed by atoms with Crippen LogP contribution >= 0.6 is 0 Å². The maximum absolute atomic E-state index is 12.8. The molecule has 4 rings (SSSR count). The van der Waals surface area contributed by atoms with Gasteiger partial charge in [-0.15, -0.1) is 0 Å². The van der Waals surface area contributed by atoms with Crippen LogP contribution in [0, 0.1) is 0 Å². The monoisotopic (exact) mass is 407 g/mol. The van der Waals surface area contributed by atoms with E-state index >= 15 is 0 Å². The van der Waals surface area contributed by atoms with Gasteiger partial charge in [0.1, 0.15) is 0 Å². The fraction of sp³-hybridized carbons (Fsp3) is 0.400. The highest BCUT2D eigenvalue weighted by molar-refractivity contribution is 5.92. The van der Waals surface area contributed by atoms with Gasteiger partial charge >= 0.3 is 0 Å². The number of allylic oxidation sites excluding steroid dienone is 1. The first-order valence-electron chi connectivity index (χ1n) is 10.8. The quantitative estimate of drug-likeness (QED) is 0.723. The third kappa shape index (κ3) is 5.29. The minimum absolute atomic E-state index is 0.0237. The van der Waals surface area contributed by atoms with Crippen molar-refractivity contribution in [3.8, 4) is 0 Å². The Morgan fingerprint density at radius 3 is 2.43 bits per heavy atom. The van der Waals surface area contributed by atoms with Gasteiger partial charge in [0.05, 0.1) is 13.2 Å². The molecule has 30 heavy (non-hydrogen) atoms. The van der Waals surface area contributed by atoms with Gasteiger partial charge in [-0.05, 0) is 35.6 Å². The molecule has 2 N–H and O–H groups in total. The van der Waals surface area contributed by atoms with Crippen LogP contribution in [0.25, 0.3) is 0 Å². The molecular formula is C25H29NO4. The molecule has 2 aromatic carbocycles. The lowest BCUT2D eigenvalue weighted by molar-refractivity contribution is -0.150. The van der Waals surface area contributed by atoms with Gasteiger partial charge in [-0.1, -0.05) is 67.4 Å². The summed E-state index contributed by atoms with van der Waals surface area (Å²) in [4.78, 5) is 12.8. The minimum atomic E-state index is -0.498. The van der Waals surface area contributed by atoms with E-state index in [0.717, 1.165) is 42.4 Å². The van der Waals surface area contributed by atoms with Crippen molar-refractivity contribution < 1.29 is 19.4 Å². The van der Waals surface area contributed by atoms with E-state index in [1.54, 1.807) is 0 Å². The molecule has 2 atom stereocenters. The number of hydrogen-bond acceptors (Lipinski definition) is 4. The molecule has 1 aliphatic carbocycles. The fourth-order valence-electron chi connectivity index (χ4n) is 4.11. The summed E-state index contributed by atoms with van der Waals surface area (Å²) in [6, 6.07) is 18.0. The molecule has 158 valence electrons. The molecule has 0 spiro atoms. The van der Waals surface area contributed by atoms with E-state index in [-0.39, 0.29) is 24.5 Å². The molecule has 5 heteroatoms. The van der Waals surface area contributed by atoms with E-state index in [4.69, 9.17) is 9.47 Å². The number of carbonyl (C=O) groups excluding carboxylic acids is 1. The van der Waals surface area contributed by atoms with Crippen molar-refractivity contribution in [3.05, 3.63) is 83.1 Å². The molecule has 0 radical (unpaired) electrons. The third-order valence-corrected chi connectivity index (χ3v) is 5.84. The van der Waals surface area contributed by atoms with Crippen molar-refractivity contribution in [3.63, 3.8) is 0 Å². The number of benzene rings is 2. The number of nitrogens with one attached hydrogen (secondary N) is 1. The standard InChI is InChI=1S/C25H29NO4/c27-16-18-10-12-19(13-11-18)17-29-24-15-21(20-6-2-1-3-7-20)14-23(30-24)25(28)26-22-8-4-5-9-22/h1-3,6-7,10-14,21-22,24,27H,4-5,8-9,15-17H2,(H,26,28)/t21-,24+/m0/s1. The number of carbonyl (C=O) groups is 1. The van der Waals surface area contributed by atoms with Crippen LogP contribution in [0.2, 0.25) is 0 Å². The first-order chi connectivity index (χ1) is 14.7. The number of amides is 1. The van der Waals surface area contributed by atoms with Gasteiger partial charge in [0.15, 0.2) is 5.76 Å². The van der Waals surface area contributed by atoms with Crippen molar-refractivity contribution in [2.24, 2.45) is 0 Å². The van der Waals surface area contributed by atoms with Crippen LogP contribution in [0.1, 0.15) is 54.7 Å². The van der Waals surface area contributed by atoms with Gasteiger partial charge < -0.3 is 19.9 Å². The predicted octanol–water partition coefficient (Wildman–Crippen LogP) is 4.17. The van der Waals surface area contributed by atoms with E-state index in [9.17, 15) is 9.90 Å². The molecule has 0 unspecified atom stereocenters. The number of rotatable bonds is 7. The van der Waals surface area contributed by atoms with Crippen LogP contribution in [0.4, 0.5) is 0 Å². The van der Waals surface area contributed by atoms with Crippen LogP contribution in [-0.4, -0.2) is 23.3 Å². The summed E-state index contributed by atoms with van der Waals surface area (Å²) >= 11 is 0. The second-order valence-corrected chi connectivity index (χ2v) is 8.07. The fourth-order valence-corrected chi connectivity index (χ4v) is 4.11. The largest absolute Gasteiger partial charge is 0.459 e. The summed E-state index contributed by atoms with van der Waals surface area (Å²) < 4.78 is 12.0. The summed E-state index contributed by atoms with van der Waals surface area (Å²) in [6.45, 7) is 0.408. The Bertz CT molecular complexity index is 856. The van der Waals surface area contributed by atoms with Gasteiger partial charge in [0, 0.05) is 18.4 Å². The molecule has 0 aromatic heterocycles. The van der Waals surface area contributed by atoms with Crippen LogP contribution in [0.15, 0.2) is 66.4 Å². The number of aliphatic hydroxyl groups is 1. The van der Waals surface area contributed by atoms with Crippen molar-refractivity contribution in [2.75, 3.05) is 0 Å². The summed E-state index contributed by atoms with van der Waals surface area (Å²) in [7, 11) is 0. The Kier molecular flexibility index (Phi) is 6.82. The number of hydrogen-bond donors (Lipinski definition) is 2. The molecule has 0 saturated heterocycles. The van der Waals surface area contributed by atoms with E-state index < -0.39 is 6.29 Å². The molecule has 0 bridgehead atoms. The number of aliphatic hydroxyl groups excluding tert-OH is 1. The zero-order valence-electron chi connectivity index (χ0n) is 17.1.